The van der Waals surface area contributed by atoms with E-state index in [9.17, 15) is 0 Å². The van der Waals surface area contributed by atoms with Gasteiger partial charge in [0.05, 0.1) is 0 Å². The van der Waals surface area contributed by atoms with Crippen molar-refractivity contribution >= 4 is 11.8 Å². The Hall–Kier alpha value is 0.310. The van der Waals surface area contributed by atoms with Crippen LogP contribution in [-0.4, -0.2) is 17.5 Å². The molecule has 0 aromatic heterocycles. The normalized spacial score (nSPS) is 33.6. The highest BCUT2D eigenvalue weighted by atomic mass is 32.2. The topological polar surface area (TPSA) is 26.0 Å². The molecular weight excluding hydrogens is 142 g/mol. The summed E-state index contributed by atoms with van der Waals surface area (Å²) in [4.78, 5) is 0. The molecular formula is C8H17NS. The molecule has 0 bridgehead atoms. The largest absolute Gasteiger partial charge is 0.327 e. The van der Waals surface area contributed by atoms with Gasteiger partial charge in [0.25, 0.3) is 0 Å². The summed E-state index contributed by atoms with van der Waals surface area (Å²) >= 11 is 2.01. The Kier molecular flexibility index (Phi) is 3.05. The van der Waals surface area contributed by atoms with Gasteiger partial charge in [-0.2, -0.15) is 11.8 Å². The molecule has 1 aliphatic heterocycles. The summed E-state index contributed by atoms with van der Waals surface area (Å²) in [6.45, 7) is 4.55. The van der Waals surface area contributed by atoms with Gasteiger partial charge in [-0.3, -0.25) is 0 Å². The fourth-order valence-corrected chi connectivity index (χ4v) is 2.83. The number of rotatable bonds is 2. The van der Waals surface area contributed by atoms with Crippen molar-refractivity contribution in [2.75, 3.05) is 11.5 Å². The quantitative estimate of drug-likeness (QED) is 0.664. The van der Waals surface area contributed by atoms with Crippen LogP contribution in [0.5, 0.6) is 0 Å². The minimum Gasteiger partial charge on any atom is -0.327 e. The second-order valence-corrected chi connectivity index (χ2v) is 4.67. The van der Waals surface area contributed by atoms with E-state index >= 15 is 0 Å². The summed E-state index contributed by atoms with van der Waals surface area (Å²) in [6, 6.07) is 0.479. The molecule has 1 saturated heterocycles. The maximum atomic E-state index is 5.91. The van der Waals surface area contributed by atoms with E-state index in [4.69, 9.17) is 5.73 Å². The summed E-state index contributed by atoms with van der Waals surface area (Å²) in [7, 11) is 0. The molecule has 1 heterocycles. The van der Waals surface area contributed by atoms with Gasteiger partial charge >= 0.3 is 0 Å². The maximum Gasteiger partial charge on any atom is 0.0166 e. The van der Waals surface area contributed by atoms with Crippen molar-refractivity contribution in [1.82, 2.24) is 0 Å². The summed E-state index contributed by atoms with van der Waals surface area (Å²) in [5.74, 6) is 4.08. The Labute approximate surface area is 67.8 Å². The van der Waals surface area contributed by atoms with Crippen LogP contribution >= 0.6 is 11.8 Å². The molecule has 0 spiro atoms. The number of hydrogen-bond donors (Lipinski definition) is 1. The van der Waals surface area contributed by atoms with Gasteiger partial charge in [-0.1, -0.05) is 13.8 Å². The van der Waals surface area contributed by atoms with Crippen LogP contribution < -0.4 is 5.73 Å². The Bertz CT molecular complexity index is 103. The van der Waals surface area contributed by atoms with Gasteiger partial charge in [-0.05, 0) is 24.0 Å². The van der Waals surface area contributed by atoms with Crippen LogP contribution in [0.15, 0.2) is 0 Å². The summed E-state index contributed by atoms with van der Waals surface area (Å²) in [5.41, 5.74) is 5.91. The van der Waals surface area contributed by atoms with Gasteiger partial charge in [0.1, 0.15) is 0 Å². The molecule has 1 fully saturated rings. The Morgan fingerprint density at radius 3 is 2.60 bits per heavy atom. The highest BCUT2D eigenvalue weighted by Gasteiger charge is 2.24. The SMILES string of the molecule is CC(C)CC1CSCC1N. The van der Waals surface area contributed by atoms with E-state index in [-0.39, 0.29) is 0 Å². The van der Waals surface area contributed by atoms with Crippen LogP contribution in [0.25, 0.3) is 0 Å². The lowest BCUT2D eigenvalue weighted by Gasteiger charge is -2.15. The molecule has 1 rings (SSSR count). The van der Waals surface area contributed by atoms with Crippen molar-refractivity contribution in [3.8, 4) is 0 Å². The molecule has 1 nitrogen and oxygen atoms in total. The molecule has 0 radical (unpaired) electrons. The standard InChI is InChI=1S/C8H17NS/c1-6(2)3-7-4-10-5-8(7)9/h6-8H,3-5,9H2,1-2H3. The maximum absolute atomic E-state index is 5.91. The highest BCUT2D eigenvalue weighted by molar-refractivity contribution is 7.99. The molecule has 60 valence electrons. The molecule has 0 aromatic carbocycles. The smallest absolute Gasteiger partial charge is 0.0166 e. The van der Waals surface area contributed by atoms with Crippen LogP contribution in [0.2, 0.25) is 0 Å². The molecule has 0 saturated carbocycles. The fraction of sp³-hybridized carbons (Fsp3) is 1.00. The van der Waals surface area contributed by atoms with E-state index in [1.165, 1.54) is 17.9 Å². The van der Waals surface area contributed by atoms with Crippen LogP contribution in [0, 0.1) is 11.8 Å². The van der Waals surface area contributed by atoms with Crippen molar-refractivity contribution in [1.29, 1.82) is 0 Å². The minimum atomic E-state index is 0.479. The van der Waals surface area contributed by atoms with Crippen LogP contribution in [0.1, 0.15) is 20.3 Å². The molecule has 0 amide bonds. The second-order valence-electron chi connectivity index (χ2n) is 3.59. The van der Waals surface area contributed by atoms with Crippen molar-refractivity contribution in [2.45, 2.75) is 26.3 Å². The molecule has 1 aliphatic rings. The van der Waals surface area contributed by atoms with E-state index < -0.39 is 0 Å². The Morgan fingerprint density at radius 2 is 2.20 bits per heavy atom. The molecule has 0 aliphatic carbocycles. The van der Waals surface area contributed by atoms with Crippen LogP contribution in [-0.2, 0) is 0 Å². The van der Waals surface area contributed by atoms with Gasteiger partial charge in [-0.15, -0.1) is 0 Å². The van der Waals surface area contributed by atoms with Crippen molar-refractivity contribution in [3.63, 3.8) is 0 Å². The van der Waals surface area contributed by atoms with E-state index in [1.54, 1.807) is 0 Å². The third-order valence-electron chi connectivity index (χ3n) is 2.02. The van der Waals surface area contributed by atoms with Crippen molar-refractivity contribution in [3.05, 3.63) is 0 Å². The Morgan fingerprint density at radius 1 is 1.50 bits per heavy atom. The summed E-state index contributed by atoms with van der Waals surface area (Å²) < 4.78 is 0. The van der Waals surface area contributed by atoms with Crippen LogP contribution in [0.4, 0.5) is 0 Å². The van der Waals surface area contributed by atoms with E-state index in [0.29, 0.717) is 6.04 Å². The third kappa shape index (κ3) is 2.17. The zero-order chi connectivity index (χ0) is 7.56. The number of hydrogen-bond acceptors (Lipinski definition) is 2. The summed E-state index contributed by atoms with van der Waals surface area (Å²) in [5, 5.41) is 0. The Balaban J connectivity index is 2.26. The minimum absolute atomic E-state index is 0.479. The third-order valence-corrected chi connectivity index (χ3v) is 3.31. The number of thioether (sulfide) groups is 1. The lowest BCUT2D eigenvalue weighted by atomic mass is 9.94. The zero-order valence-corrected chi connectivity index (χ0v) is 7.66. The predicted molar refractivity (Wildman–Crippen MR) is 48.2 cm³/mol. The lowest BCUT2D eigenvalue weighted by Crippen LogP contribution is -2.29. The first-order valence-electron chi connectivity index (χ1n) is 4.03. The predicted octanol–water partition coefficient (Wildman–Crippen LogP) is 1.72. The van der Waals surface area contributed by atoms with Crippen molar-refractivity contribution in [2.24, 2.45) is 17.6 Å². The average Bonchev–Trinajstić information content (AvgIpc) is 2.15. The second kappa shape index (κ2) is 3.63. The molecule has 2 N–H and O–H groups in total. The first-order valence-corrected chi connectivity index (χ1v) is 5.19. The molecule has 2 heteroatoms. The first kappa shape index (κ1) is 8.41. The number of nitrogens with two attached hydrogens (primary N) is 1. The van der Waals surface area contributed by atoms with Crippen molar-refractivity contribution < 1.29 is 0 Å². The summed E-state index contributed by atoms with van der Waals surface area (Å²) in [6.07, 6.45) is 1.31. The molecule has 10 heavy (non-hydrogen) atoms. The monoisotopic (exact) mass is 159 g/mol. The van der Waals surface area contributed by atoms with Gasteiger partial charge in [0, 0.05) is 11.8 Å². The highest BCUT2D eigenvalue weighted by Crippen LogP contribution is 2.27. The molecule has 2 unspecified atom stereocenters. The van der Waals surface area contributed by atoms with E-state index in [1.807, 2.05) is 11.8 Å². The van der Waals surface area contributed by atoms with Crippen LogP contribution in [0.3, 0.4) is 0 Å². The van der Waals surface area contributed by atoms with Gasteiger partial charge in [-0.25, -0.2) is 0 Å². The average molecular weight is 159 g/mol. The zero-order valence-electron chi connectivity index (χ0n) is 6.84. The first-order chi connectivity index (χ1) is 4.70. The lowest BCUT2D eigenvalue weighted by molar-refractivity contribution is 0.409. The van der Waals surface area contributed by atoms with Gasteiger partial charge in [0.2, 0.25) is 0 Å². The van der Waals surface area contributed by atoms with E-state index in [2.05, 4.69) is 13.8 Å². The fourth-order valence-electron chi connectivity index (χ4n) is 1.46. The molecule has 2 atom stereocenters. The molecule has 0 aromatic rings. The van der Waals surface area contributed by atoms with Gasteiger partial charge in [0.15, 0.2) is 0 Å². The van der Waals surface area contributed by atoms with E-state index in [0.717, 1.165) is 11.8 Å². The van der Waals surface area contributed by atoms with Gasteiger partial charge < -0.3 is 5.73 Å².